The van der Waals surface area contributed by atoms with Crippen molar-refractivity contribution in [2.45, 2.75) is 20.8 Å². The molecule has 1 N–H and O–H groups in total. The number of cyclic esters (lactones) is 1. The molecule has 0 aliphatic carbocycles. The van der Waals surface area contributed by atoms with Crippen LogP contribution in [-0.2, 0) is 4.74 Å². The largest absolute Gasteiger partial charge is 0.448 e. The van der Waals surface area contributed by atoms with Crippen molar-refractivity contribution in [3.8, 4) is 0 Å². The highest BCUT2D eigenvalue weighted by Gasteiger charge is 2.06. The van der Waals surface area contributed by atoms with Gasteiger partial charge in [0.05, 0.1) is 6.54 Å². The predicted octanol–water partition coefficient (Wildman–Crippen LogP) is 1.07. The third-order valence-electron chi connectivity index (χ3n) is 1.95. The molecule has 0 bridgehead atoms. The number of carbonyl (C=O) groups is 1. The summed E-state index contributed by atoms with van der Waals surface area (Å²) in [5.74, 6) is 0. The molecular formula is C9H20N2O2. The molecule has 0 atom stereocenters. The Hall–Kier alpha value is -0.770. The Kier molecular flexibility index (Phi) is 7.39. The molecule has 1 fully saturated rings. The van der Waals surface area contributed by atoms with Gasteiger partial charge in [-0.1, -0.05) is 20.8 Å². The maximum atomic E-state index is 9.91. The van der Waals surface area contributed by atoms with E-state index >= 15 is 0 Å². The van der Waals surface area contributed by atoms with Crippen LogP contribution >= 0.6 is 0 Å². The topological polar surface area (TPSA) is 41.6 Å². The van der Waals surface area contributed by atoms with Gasteiger partial charge in [0.25, 0.3) is 0 Å². The first-order valence-electron chi connectivity index (χ1n) is 4.87. The van der Waals surface area contributed by atoms with Crippen LogP contribution in [0.1, 0.15) is 20.8 Å². The molecule has 1 aliphatic rings. The molecule has 1 rings (SSSR count). The minimum Gasteiger partial charge on any atom is -0.448 e. The standard InChI is InChI=1S/C6H15N.C3H5NO2/c1-4-7(5-2)6-3;5-3-4-1-2-6-3/h4-6H2,1-3H3;1-2H2,(H,4,5). The maximum Gasteiger partial charge on any atom is 0.407 e. The van der Waals surface area contributed by atoms with Crippen molar-refractivity contribution >= 4 is 6.09 Å². The lowest BCUT2D eigenvalue weighted by Crippen LogP contribution is -2.21. The summed E-state index contributed by atoms with van der Waals surface area (Å²) in [5, 5.41) is 2.46. The number of hydrogen-bond donors (Lipinski definition) is 1. The Morgan fingerprint density at radius 1 is 1.31 bits per heavy atom. The molecule has 0 radical (unpaired) electrons. The zero-order valence-electron chi connectivity index (χ0n) is 8.80. The molecule has 13 heavy (non-hydrogen) atoms. The van der Waals surface area contributed by atoms with Crippen molar-refractivity contribution in [2.75, 3.05) is 32.8 Å². The van der Waals surface area contributed by atoms with E-state index in [1.807, 2.05) is 0 Å². The minimum absolute atomic E-state index is 0.296. The van der Waals surface area contributed by atoms with E-state index in [1.165, 1.54) is 19.6 Å². The second-order valence-electron chi connectivity index (χ2n) is 2.68. The third kappa shape index (κ3) is 6.40. The van der Waals surface area contributed by atoms with Crippen molar-refractivity contribution < 1.29 is 9.53 Å². The average Bonchev–Trinajstić information content (AvgIpc) is 2.60. The molecule has 0 unspecified atom stereocenters. The lowest BCUT2D eigenvalue weighted by Gasteiger charge is -2.13. The zero-order valence-corrected chi connectivity index (χ0v) is 8.80. The van der Waals surface area contributed by atoms with Crippen molar-refractivity contribution in [1.29, 1.82) is 0 Å². The molecule has 1 amide bonds. The molecule has 0 spiro atoms. The van der Waals surface area contributed by atoms with Gasteiger partial charge in [-0.25, -0.2) is 4.79 Å². The summed E-state index contributed by atoms with van der Waals surface area (Å²) in [4.78, 5) is 12.3. The van der Waals surface area contributed by atoms with Gasteiger partial charge in [-0.15, -0.1) is 0 Å². The normalized spacial score (nSPS) is 14.6. The molecule has 78 valence electrons. The summed E-state index contributed by atoms with van der Waals surface area (Å²) in [6.45, 7) is 11.3. The second kappa shape index (κ2) is 7.86. The lowest BCUT2D eigenvalue weighted by molar-refractivity contribution is 0.178. The number of hydrogen-bond acceptors (Lipinski definition) is 3. The van der Waals surface area contributed by atoms with Gasteiger partial charge in [-0.2, -0.15) is 0 Å². The van der Waals surface area contributed by atoms with Crippen molar-refractivity contribution in [1.82, 2.24) is 10.2 Å². The molecule has 1 aliphatic heterocycles. The number of nitrogens with one attached hydrogen (secondary N) is 1. The van der Waals surface area contributed by atoms with Crippen LogP contribution in [0.3, 0.4) is 0 Å². The summed E-state index contributed by atoms with van der Waals surface area (Å²) in [7, 11) is 0. The fourth-order valence-corrected chi connectivity index (χ4v) is 1.02. The van der Waals surface area contributed by atoms with E-state index in [-0.39, 0.29) is 6.09 Å². The molecule has 0 aromatic rings. The predicted molar refractivity (Wildman–Crippen MR) is 52.8 cm³/mol. The Bertz CT molecular complexity index is 122. The monoisotopic (exact) mass is 188 g/mol. The molecule has 4 heteroatoms. The summed E-state index contributed by atoms with van der Waals surface area (Å²) in [6.07, 6.45) is -0.296. The van der Waals surface area contributed by atoms with Gasteiger partial charge in [0, 0.05) is 0 Å². The van der Waals surface area contributed by atoms with Gasteiger partial charge in [-0.3, -0.25) is 0 Å². The SMILES string of the molecule is CCN(CC)CC.O=C1NCCO1. The highest BCUT2D eigenvalue weighted by molar-refractivity contribution is 5.68. The van der Waals surface area contributed by atoms with Gasteiger partial charge < -0.3 is 15.0 Å². The zero-order chi connectivity index (χ0) is 10.1. The van der Waals surface area contributed by atoms with E-state index in [1.54, 1.807) is 0 Å². The van der Waals surface area contributed by atoms with Crippen LogP contribution in [0.4, 0.5) is 4.79 Å². The van der Waals surface area contributed by atoms with E-state index < -0.39 is 0 Å². The van der Waals surface area contributed by atoms with Crippen LogP contribution in [0, 0.1) is 0 Å². The van der Waals surface area contributed by atoms with Crippen LogP contribution in [0.2, 0.25) is 0 Å². The molecule has 4 nitrogen and oxygen atoms in total. The average molecular weight is 188 g/mol. The fourth-order valence-electron chi connectivity index (χ4n) is 1.02. The quantitative estimate of drug-likeness (QED) is 0.720. The highest BCUT2D eigenvalue weighted by Crippen LogP contribution is 1.82. The number of carbonyl (C=O) groups excluding carboxylic acids is 1. The molecule has 1 heterocycles. The van der Waals surface area contributed by atoms with Crippen LogP contribution in [0.5, 0.6) is 0 Å². The van der Waals surface area contributed by atoms with Gasteiger partial charge in [0.15, 0.2) is 0 Å². The first-order chi connectivity index (χ1) is 6.24. The number of amides is 1. The van der Waals surface area contributed by atoms with Crippen LogP contribution in [0.15, 0.2) is 0 Å². The van der Waals surface area contributed by atoms with Crippen molar-refractivity contribution in [3.63, 3.8) is 0 Å². The van der Waals surface area contributed by atoms with Gasteiger partial charge >= 0.3 is 6.09 Å². The van der Waals surface area contributed by atoms with Crippen molar-refractivity contribution in [3.05, 3.63) is 0 Å². The summed E-state index contributed by atoms with van der Waals surface area (Å²) in [5.41, 5.74) is 0. The second-order valence-corrected chi connectivity index (χ2v) is 2.68. The third-order valence-corrected chi connectivity index (χ3v) is 1.95. The van der Waals surface area contributed by atoms with Crippen LogP contribution in [0.25, 0.3) is 0 Å². The highest BCUT2D eigenvalue weighted by atomic mass is 16.6. The van der Waals surface area contributed by atoms with E-state index in [2.05, 4.69) is 35.7 Å². The summed E-state index contributed by atoms with van der Waals surface area (Å²) >= 11 is 0. The number of rotatable bonds is 3. The van der Waals surface area contributed by atoms with E-state index in [0.29, 0.717) is 13.2 Å². The van der Waals surface area contributed by atoms with E-state index in [4.69, 9.17) is 0 Å². The van der Waals surface area contributed by atoms with Crippen LogP contribution < -0.4 is 5.32 Å². The Labute approximate surface area is 80.2 Å². The van der Waals surface area contributed by atoms with E-state index in [0.717, 1.165) is 0 Å². The molecule has 1 saturated heterocycles. The smallest absolute Gasteiger partial charge is 0.407 e. The Balaban J connectivity index is 0.000000223. The Morgan fingerprint density at radius 2 is 1.85 bits per heavy atom. The van der Waals surface area contributed by atoms with Crippen molar-refractivity contribution in [2.24, 2.45) is 0 Å². The summed E-state index contributed by atoms with van der Waals surface area (Å²) in [6, 6.07) is 0. The molecule has 0 aromatic carbocycles. The number of ether oxygens (including phenoxy) is 1. The Morgan fingerprint density at radius 3 is 1.92 bits per heavy atom. The van der Waals surface area contributed by atoms with Crippen LogP contribution in [-0.4, -0.2) is 43.8 Å². The lowest BCUT2D eigenvalue weighted by atomic mass is 10.5. The molecular weight excluding hydrogens is 168 g/mol. The maximum absolute atomic E-state index is 9.91. The first-order valence-corrected chi connectivity index (χ1v) is 4.87. The number of alkyl carbamates (subject to hydrolysis) is 1. The van der Waals surface area contributed by atoms with Gasteiger partial charge in [0.2, 0.25) is 0 Å². The molecule has 0 aromatic heterocycles. The molecule has 0 saturated carbocycles. The first kappa shape index (κ1) is 12.2. The van der Waals surface area contributed by atoms with Gasteiger partial charge in [0.1, 0.15) is 6.61 Å². The minimum atomic E-state index is -0.296. The summed E-state index contributed by atoms with van der Waals surface area (Å²) < 4.78 is 4.40. The van der Waals surface area contributed by atoms with E-state index in [9.17, 15) is 4.79 Å². The fraction of sp³-hybridized carbons (Fsp3) is 0.889. The number of nitrogens with zero attached hydrogens (tertiary/aromatic N) is 1. The van der Waals surface area contributed by atoms with Gasteiger partial charge in [-0.05, 0) is 19.6 Å².